The van der Waals surface area contributed by atoms with Crippen molar-refractivity contribution in [2.75, 3.05) is 27.4 Å². The van der Waals surface area contributed by atoms with E-state index in [0.717, 1.165) is 22.2 Å². The van der Waals surface area contributed by atoms with Crippen LogP contribution in [0.1, 0.15) is 13.8 Å². The van der Waals surface area contributed by atoms with Crippen LogP contribution in [0.4, 0.5) is 0 Å². The number of fused-ring (bicyclic) bond motifs is 1. The van der Waals surface area contributed by atoms with E-state index < -0.39 is 5.41 Å². The van der Waals surface area contributed by atoms with Gasteiger partial charge in [0, 0.05) is 24.2 Å². The molecule has 0 unspecified atom stereocenters. The predicted octanol–water partition coefficient (Wildman–Crippen LogP) is 3.47. The first-order chi connectivity index (χ1) is 14.4. The quantitative estimate of drug-likeness (QED) is 0.674. The molecule has 0 bridgehead atoms. The molecule has 2 aromatic heterocycles. The van der Waals surface area contributed by atoms with E-state index in [0.29, 0.717) is 30.5 Å². The van der Waals surface area contributed by atoms with Crippen molar-refractivity contribution in [3.05, 3.63) is 42.6 Å². The van der Waals surface area contributed by atoms with Gasteiger partial charge in [-0.15, -0.1) is 0 Å². The molecule has 156 valence electrons. The van der Waals surface area contributed by atoms with Crippen molar-refractivity contribution < 1.29 is 19.0 Å². The average Bonchev–Trinajstić information content (AvgIpc) is 3.03. The number of nitrogens with one attached hydrogen (secondary N) is 1. The Bertz CT molecular complexity index is 1100. The Morgan fingerprint density at radius 3 is 2.63 bits per heavy atom. The first kappa shape index (κ1) is 19.9. The number of carbonyl (C=O) groups excluding carboxylic acids is 1. The highest BCUT2D eigenvalue weighted by Gasteiger charge is 2.42. The third kappa shape index (κ3) is 3.51. The van der Waals surface area contributed by atoms with Crippen LogP contribution in [0.3, 0.4) is 0 Å². The van der Waals surface area contributed by atoms with Crippen LogP contribution in [-0.4, -0.2) is 43.2 Å². The molecule has 30 heavy (non-hydrogen) atoms. The van der Waals surface area contributed by atoms with Gasteiger partial charge >= 0.3 is 0 Å². The lowest BCUT2D eigenvalue weighted by Crippen LogP contribution is -2.31. The Morgan fingerprint density at radius 2 is 1.93 bits per heavy atom. The molecular weight excluding hydrogens is 382 g/mol. The van der Waals surface area contributed by atoms with Gasteiger partial charge in [-0.2, -0.15) is 0 Å². The summed E-state index contributed by atoms with van der Waals surface area (Å²) in [5.74, 6) is 1.88. The molecule has 7 nitrogen and oxygen atoms in total. The summed E-state index contributed by atoms with van der Waals surface area (Å²) < 4.78 is 16.9. The van der Waals surface area contributed by atoms with Crippen LogP contribution in [0.15, 0.2) is 42.6 Å². The number of pyridine rings is 2. The Hall–Kier alpha value is -3.35. The van der Waals surface area contributed by atoms with Crippen LogP contribution in [0.2, 0.25) is 0 Å². The molecule has 3 aromatic rings. The zero-order valence-electron chi connectivity index (χ0n) is 17.6. The van der Waals surface area contributed by atoms with Crippen LogP contribution in [0.25, 0.3) is 22.2 Å². The molecule has 3 heterocycles. The van der Waals surface area contributed by atoms with Gasteiger partial charge in [-0.3, -0.25) is 9.78 Å². The molecule has 1 amide bonds. The van der Waals surface area contributed by atoms with Crippen LogP contribution in [-0.2, 0) is 4.79 Å². The molecule has 1 aliphatic rings. The van der Waals surface area contributed by atoms with E-state index in [2.05, 4.69) is 10.3 Å². The number of methoxy groups -OCH3 is 2. The second-order valence-electron chi connectivity index (χ2n) is 7.89. The molecule has 4 rings (SSSR count). The lowest BCUT2D eigenvalue weighted by molar-refractivity contribution is -0.127. The van der Waals surface area contributed by atoms with Gasteiger partial charge in [0.2, 0.25) is 11.8 Å². The number of ether oxygens (including phenoxy) is 3. The van der Waals surface area contributed by atoms with Crippen molar-refractivity contribution in [3.63, 3.8) is 0 Å². The maximum atomic E-state index is 12.1. The highest BCUT2D eigenvalue weighted by molar-refractivity contribution is 5.87. The van der Waals surface area contributed by atoms with Gasteiger partial charge in [-0.25, -0.2) is 4.98 Å². The fourth-order valence-corrected chi connectivity index (χ4v) is 3.63. The minimum Gasteiger partial charge on any atom is -0.493 e. The largest absolute Gasteiger partial charge is 0.493 e. The van der Waals surface area contributed by atoms with Crippen LogP contribution >= 0.6 is 0 Å². The lowest BCUT2D eigenvalue weighted by atomic mass is 9.82. The number of hydrogen-bond donors (Lipinski definition) is 1. The maximum absolute atomic E-state index is 12.1. The number of nitrogens with zero attached hydrogens (tertiary/aromatic N) is 2. The molecule has 1 atom stereocenters. The Labute approximate surface area is 175 Å². The van der Waals surface area contributed by atoms with Gasteiger partial charge in [0.15, 0.2) is 11.5 Å². The highest BCUT2D eigenvalue weighted by atomic mass is 16.5. The van der Waals surface area contributed by atoms with Crippen molar-refractivity contribution in [2.45, 2.75) is 13.8 Å². The van der Waals surface area contributed by atoms with Crippen molar-refractivity contribution in [3.8, 4) is 28.6 Å². The number of aromatic nitrogens is 2. The Morgan fingerprint density at radius 1 is 1.13 bits per heavy atom. The molecule has 1 aliphatic heterocycles. The number of amides is 1. The zero-order valence-corrected chi connectivity index (χ0v) is 17.6. The van der Waals surface area contributed by atoms with Gasteiger partial charge in [0.1, 0.15) is 0 Å². The van der Waals surface area contributed by atoms with Gasteiger partial charge < -0.3 is 19.5 Å². The summed E-state index contributed by atoms with van der Waals surface area (Å²) in [6.45, 7) is 4.86. The number of rotatable bonds is 6. The second-order valence-corrected chi connectivity index (χ2v) is 7.89. The van der Waals surface area contributed by atoms with Crippen LogP contribution < -0.4 is 19.5 Å². The van der Waals surface area contributed by atoms with Crippen LogP contribution in [0.5, 0.6) is 17.4 Å². The lowest BCUT2D eigenvalue weighted by Gasteiger charge is -2.23. The first-order valence-corrected chi connectivity index (χ1v) is 9.83. The molecule has 0 aliphatic carbocycles. The monoisotopic (exact) mass is 407 g/mol. The highest BCUT2D eigenvalue weighted by Crippen LogP contribution is 2.35. The summed E-state index contributed by atoms with van der Waals surface area (Å²) in [6.07, 6.45) is 1.74. The minimum absolute atomic E-state index is 0.0506. The summed E-state index contributed by atoms with van der Waals surface area (Å²) in [5.41, 5.74) is 1.89. The molecule has 1 saturated heterocycles. The van der Waals surface area contributed by atoms with Gasteiger partial charge in [0.05, 0.1) is 42.8 Å². The van der Waals surface area contributed by atoms with Crippen molar-refractivity contribution >= 4 is 16.8 Å². The van der Waals surface area contributed by atoms with E-state index in [9.17, 15) is 4.79 Å². The average molecular weight is 407 g/mol. The van der Waals surface area contributed by atoms with E-state index in [1.54, 1.807) is 20.4 Å². The maximum Gasteiger partial charge on any atom is 0.226 e. The van der Waals surface area contributed by atoms with Crippen molar-refractivity contribution in [1.82, 2.24) is 15.3 Å². The van der Waals surface area contributed by atoms with Crippen LogP contribution in [0, 0.1) is 11.3 Å². The van der Waals surface area contributed by atoms with E-state index in [4.69, 9.17) is 19.2 Å². The minimum atomic E-state index is -0.477. The summed E-state index contributed by atoms with van der Waals surface area (Å²) in [4.78, 5) is 21.3. The summed E-state index contributed by atoms with van der Waals surface area (Å²) in [6, 6.07) is 11.4. The van der Waals surface area contributed by atoms with E-state index in [1.807, 2.05) is 50.2 Å². The second kappa shape index (κ2) is 7.82. The van der Waals surface area contributed by atoms with Gasteiger partial charge in [-0.1, -0.05) is 13.8 Å². The summed E-state index contributed by atoms with van der Waals surface area (Å²) in [5, 5.41) is 3.75. The standard InChI is InChI=1S/C23H25N3O4/c1-23(2)15(12-25-22(23)27)13-30-21-16-6-5-9-24-18(16)11-17(26-21)14-7-8-19(28-3)20(10-14)29-4/h5-11,15H,12-13H2,1-4H3,(H,25,27)/t15-/m1/s1. The molecule has 1 fully saturated rings. The number of hydrogen-bond acceptors (Lipinski definition) is 6. The van der Waals surface area contributed by atoms with Gasteiger partial charge in [0.25, 0.3) is 0 Å². The third-order valence-electron chi connectivity index (χ3n) is 5.78. The van der Waals surface area contributed by atoms with Crippen molar-refractivity contribution in [2.24, 2.45) is 11.3 Å². The van der Waals surface area contributed by atoms with E-state index in [-0.39, 0.29) is 11.8 Å². The summed E-state index contributed by atoms with van der Waals surface area (Å²) in [7, 11) is 3.20. The Balaban J connectivity index is 1.71. The van der Waals surface area contributed by atoms with Crippen molar-refractivity contribution in [1.29, 1.82) is 0 Å². The van der Waals surface area contributed by atoms with E-state index >= 15 is 0 Å². The molecule has 0 saturated carbocycles. The zero-order chi connectivity index (χ0) is 21.3. The topological polar surface area (TPSA) is 82.6 Å². The fourth-order valence-electron chi connectivity index (χ4n) is 3.63. The normalized spacial score (nSPS) is 17.6. The van der Waals surface area contributed by atoms with Gasteiger partial charge in [-0.05, 0) is 36.4 Å². The van der Waals surface area contributed by atoms with E-state index in [1.165, 1.54) is 0 Å². The number of benzene rings is 1. The third-order valence-corrected chi connectivity index (χ3v) is 5.78. The SMILES string of the molecule is COc1ccc(-c2cc3ncccc3c(OC[C@H]3CNC(=O)C3(C)C)n2)cc1OC. The molecule has 1 N–H and O–H groups in total. The molecule has 0 spiro atoms. The molecule has 1 aromatic carbocycles. The first-order valence-electron chi connectivity index (χ1n) is 9.83. The molecule has 7 heteroatoms. The fraction of sp³-hybridized carbons (Fsp3) is 0.348. The molecular formula is C23H25N3O4. The molecule has 0 radical (unpaired) electrons. The smallest absolute Gasteiger partial charge is 0.226 e. The number of carbonyl (C=O) groups is 1. The summed E-state index contributed by atoms with van der Waals surface area (Å²) >= 11 is 0. The predicted molar refractivity (Wildman–Crippen MR) is 114 cm³/mol. The Kier molecular flexibility index (Phi) is 5.20.